The number of anilines is 1. The average Bonchev–Trinajstić information content (AvgIpc) is 3.30. The number of aliphatic hydroxyl groups is 1. The topological polar surface area (TPSA) is 90.5 Å². The Balaban J connectivity index is 0.000000391. The number of benzene rings is 2. The standard InChI is InChI=1S/C17H15Cl2FN2O.C6H11NO2.C5H12.C2H6/c18-10-4-5-11(16(6-10)22-9-23)13-7-21-8-14(13)12-2-1-3-15(19)17(12)20;1-6(9)2-5(3-6)7-4-8;1-5(2,3)4;1-2/h1-6,9,13-14,21H,7-8H2,(H,22,23);4-5,9H,2-3H2,1H3,(H,7,8);1-4H3;1-2H3. The summed E-state index contributed by atoms with van der Waals surface area (Å²) in [5.74, 6) is -0.434. The van der Waals surface area contributed by atoms with Crippen LogP contribution in [-0.4, -0.2) is 42.7 Å². The zero-order valence-corrected chi connectivity index (χ0v) is 25.6. The molecule has 4 rings (SSSR count). The number of hydrogen-bond acceptors (Lipinski definition) is 4. The zero-order valence-electron chi connectivity index (χ0n) is 24.1. The highest BCUT2D eigenvalue weighted by molar-refractivity contribution is 6.31. The van der Waals surface area contributed by atoms with E-state index >= 15 is 0 Å². The predicted molar refractivity (Wildman–Crippen MR) is 160 cm³/mol. The van der Waals surface area contributed by atoms with Crippen molar-refractivity contribution >= 4 is 41.7 Å². The van der Waals surface area contributed by atoms with E-state index < -0.39 is 5.60 Å². The van der Waals surface area contributed by atoms with Crippen LogP contribution in [0, 0.1) is 11.2 Å². The van der Waals surface area contributed by atoms with Crippen molar-refractivity contribution in [2.24, 2.45) is 5.41 Å². The maximum Gasteiger partial charge on any atom is 0.211 e. The summed E-state index contributed by atoms with van der Waals surface area (Å²) >= 11 is 11.9. The van der Waals surface area contributed by atoms with E-state index in [1.165, 1.54) is 0 Å². The molecule has 0 aromatic heterocycles. The molecule has 2 aromatic rings. The van der Waals surface area contributed by atoms with Gasteiger partial charge in [0, 0.05) is 41.7 Å². The van der Waals surface area contributed by atoms with Gasteiger partial charge in [0.15, 0.2) is 0 Å². The molecule has 0 radical (unpaired) electrons. The molecule has 2 atom stereocenters. The fourth-order valence-electron chi connectivity index (χ4n) is 4.40. The highest BCUT2D eigenvalue weighted by Gasteiger charge is 2.37. The van der Waals surface area contributed by atoms with Crippen molar-refractivity contribution in [2.75, 3.05) is 18.4 Å². The maximum absolute atomic E-state index is 14.4. The van der Waals surface area contributed by atoms with Crippen molar-refractivity contribution < 1.29 is 19.1 Å². The molecular weight excluding hydrogens is 540 g/mol. The highest BCUT2D eigenvalue weighted by atomic mass is 35.5. The molecule has 1 aliphatic carbocycles. The Labute approximate surface area is 243 Å². The normalized spacial score (nSPS) is 23.3. The molecule has 9 heteroatoms. The minimum atomic E-state index is -0.527. The van der Waals surface area contributed by atoms with Crippen molar-refractivity contribution in [3.63, 3.8) is 0 Å². The summed E-state index contributed by atoms with van der Waals surface area (Å²) in [5, 5.41) is 18.4. The number of hydrogen-bond donors (Lipinski definition) is 4. The summed E-state index contributed by atoms with van der Waals surface area (Å²) < 4.78 is 14.4. The molecule has 2 aromatic carbocycles. The first-order valence-electron chi connectivity index (χ1n) is 13.3. The van der Waals surface area contributed by atoms with Crippen LogP contribution in [0.2, 0.25) is 10.0 Å². The van der Waals surface area contributed by atoms with Crippen LogP contribution in [-0.2, 0) is 9.59 Å². The Morgan fingerprint density at radius 3 is 2.08 bits per heavy atom. The van der Waals surface area contributed by atoms with Gasteiger partial charge in [-0.1, -0.05) is 82.9 Å². The second-order valence-corrected chi connectivity index (χ2v) is 12.2. The Morgan fingerprint density at radius 1 is 1.00 bits per heavy atom. The van der Waals surface area contributed by atoms with Crippen LogP contribution in [0.25, 0.3) is 0 Å². The Hall–Kier alpha value is -2.19. The first-order chi connectivity index (χ1) is 18.3. The Kier molecular flexibility index (Phi) is 14.4. The lowest BCUT2D eigenvalue weighted by molar-refractivity contribution is -0.113. The van der Waals surface area contributed by atoms with Gasteiger partial charge in [0.25, 0.3) is 0 Å². The third-order valence-corrected chi connectivity index (χ3v) is 6.43. The van der Waals surface area contributed by atoms with E-state index in [0.29, 0.717) is 60.4 Å². The smallest absolute Gasteiger partial charge is 0.211 e. The van der Waals surface area contributed by atoms with Gasteiger partial charge in [-0.15, -0.1) is 0 Å². The summed E-state index contributed by atoms with van der Waals surface area (Å²) in [7, 11) is 0. The molecular formula is C30H44Cl2FN3O3. The van der Waals surface area contributed by atoms with Crippen molar-refractivity contribution in [3.8, 4) is 0 Å². The van der Waals surface area contributed by atoms with Gasteiger partial charge in [-0.2, -0.15) is 0 Å². The molecule has 2 aliphatic rings. The van der Waals surface area contributed by atoms with Crippen molar-refractivity contribution in [2.45, 2.75) is 84.8 Å². The van der Waals surface area contributed by atoms with E-state index in [2.05, 4.69) is 43.6 Å². The zero-order chi connectivity index (χ0) is 29.8. The number of carbonyl (C=O) groups excluding carboxylic acids is 2. The fraction of sp³-hybridized carbons (Fsp3) is 0.533. The van der Waals surface area contributed by atoms with Gasteiger partial charge in [0.05, 0.1) is 10.6 Å². The molecule has 218 valence electrons. The fourth-order valence-corrected chi connectivity index (χ4v) is 4.75. The summed E-state index contributed by atoms with van der Waals surface area (Å²) in [4.78, 5) is 20.7. The number of carbonyl (C=O) groups is 2. The van der Waals surface area contributed by atoms with E-state index in [0.717, 1.165) is 5.56 Å². The molecule has 4 N–H and O–H groups in total. The molecule has 0 spiro atoms. The van der Waals surface area contributed by atoms with E-state index in [4.69, 9.17) is 28.3 Å². The predicted octanol–water partition coefficient (Wildman–Crippen LogP) is 6.90. The third kappa shape index (κ3) is 11.8. The maximum atomic E-state index is 14.4. The summed E-state index contributed by atoms with van der Waals surface area (Å²) in [6, 6.07) is 10.6. The Morgan fingerprint density at radius 2 is 1.56 bits per heavy atom. The van der Waals surface area contributed by atoms with Gasteiger partial charge in [-0.05, 0) is 54.5 Å². The number of rotatable bonds is 6. The van der Waals surface area contributed by atoms with Crippen molar-refractivity contribution in [1.82, 2.24) is 10.6 Å². The third-order valence-electron chi connectivity index (χ3n) is 5.90. The van der Waals surface area contributed by atoms with Gasteiger partial charge >= 0.3 is 0 Å². The monoisotopic (exact) mass is 583 g/mol. The van der Waals surface area contributed by atoms with E-state index in [-0.39, 0.29) is 28.7 Å². The van der Waals surface area contributed by atoms with Crippen LogP contribution in [0.15, 0.2) is 36.4 Å². The first kappa shape index (κ1) is 34.8. The lowest BCUT2D eigenvalue weighted by atomic mass is 9.77. The molecule has 39 heavy (non-hydrogen) atoms. The second-order valence-electron chi connectivity index (χ2n) is 11.4. The van der Waals surface area contributed by atoms with Gasteiger partial charge in [-0.3, -0.25) is 9.59 Å². The second kappa shape index (κ2) is 16.2. The summed E-state index contributed by atoms with van der Waals surface area (Å²) in [6.45, 7) is 15.9. The van der Waals surface area contributed by atoms with Gasteiger partial charge in [-0.25, -0.2) is 4.39 Å². The van der Waals surface area contributed by atoms with E-state index in [1.54, 1.807) is 37.3 Å². The lowest BCUT2D eigenvalue weighted by Gasteiger charge is -2.40. The van der Waals surface area contributed by atoms with Crippen LogP contribution in [0.5, 0.6) is 0 Å². The van der Waals surface area contributed by atoms with Crippen LogP contribution in [0.1, 0.15) is 84.3 Å². The minimum Gasteiger partial charge on any atom is -0.390 e. The molecule has 1 aliphatic heterocycles. The SMILES string of the molecule is CC.CC(C)(C)C.CC1(O)CC(NC=O)C1.O=CNc1cc(Cl)ccc1C1CNCC1c1cccc(Cl)c1F. The molecule has 6 nitrogen and oxygen atoms in total. The number of amides is 2. The minimum absolute atomic E-state index is 0.0164. The number of nitrogens with one attached hydrogen (secondary N) is 3. The quantitative estimate of drug-likeness (QED) is 0.278. The summed E-state index contributed by atoms with van der Waals surface area (Å²) in [6.07, 6.45) is 2.67. The molecule has 2 amide bonds. The van der Waals surface area contributed by atoms with E-state index in [1.807, 2.05) is 19.9 Å². The average molecular weight is 585 g/mol. The van der Waals surface area contributed by atoms with Crippen LogP contribution >= 0.6 is 23.2 Å². The number of halogens is 3. The van der Waals surface area contributed by atoms with E-state index in [9.17, 15) is 14.0 Å². The molecule has 2 unspecified atom stereocenters. The van der Waals surface area contributed by atoms with Crippen molar-refractivity contribution in [1.29, 1.82) is 0 Å². The van der Waals surface area contributed by atoms with Gasteiger partial charge in [0.1, 0.15) is 5.82 Å². The molecule has 2 fully saturated rings. The molecule has 0 bridgehead atoms. The van der Waals surface area contributed by atoms with Crippen LogP contribution in [0.4, 0.5) is 10.1 Å². The first-order valence-corrected chi connectivity index (χ1v) is 14.1. The van der Waals surface area contributed by atoms with Gasteiger partial charge in [0.2, 0.25) is 12.8 Å². The highest BCUT2D eigenvalue weighted by Crippen LogP contribution is 2.41. The summed E-state index contributed by atoms with van der Waals surface area (Å²) in [5.41, 5.74) is 2.13. The largest absolute Gasteiger partial charge is 0.390 e. The van der Waals surface area contributed by atoms with Crippen molar-refractivity contribution in [3.05, 3.63) is 63.4 Å². The Bertz CT molecular complexity index is 1050. The molecule has 1 saturated heterocycles. The van der Waals surface area contributed by atoms with Gasteiger partial charge < -0.3 is 21.1 Å². The molecule has 1 saturated carbocycles. The lowest BCUT2D eigenvalue weighted by Crippen LogP contribution is -2.51. The van der Waals surface area contributed by atoms with Crippen LogP contribution < -0.4 is 16.0 Å². The van der Waals surface area contributed by atoms with Crippen LogP contribution in [0.3, 0.4) is 0 Å². The molecule has 1 heterocycles.